The first-order chi connectivity index (χ1) is 12.7. The van der Waals surface area contributed by atoms with Gasteiger partial charge in [0.25, 0.3) is 0 Å². The molecule has 3 heterocycles. The van der Waals surface area contributed by atoms with Gasteiger partial charge < -0.3 is 10.3 Å². The number of carbonyl (C=O) groups is 1. The van der Waals surface area contributed by atoms with Crippen molar-refractivity contribution in [2.24, 2.45) is 0 Å². The molecule has 0 fully saturated rings. The number of anilines is 1. The first-order valence-corrected chi connectivity index (χ1v) is 8.14. The highest BCUT2D eigenvalue weighted by Gasteiger charge is 2.34. The van der Waals surface area contributed by atoms with Crippen LogP contribution in [0, 0.1) is 13.8 Å². The molecule has 0 bridgehead atoms. The van der Waals surface area contributed by atoms with E-state index in [1.165, 1.54) is 24.5 Å². The molecular formula is C17H17F3N6O. The minimum absolute atomic E-state index is 0.144. The predicted molar refractivity (Wildman–Crippen MR) is 91.4 cm³/mol. The summed E-state index contributed by atoms with van der Waals surface area (Å²) in [4.78, 5) is 23.2. The van der Waals surface area contributed by atoms with Crippen molar-refractivity contribution in [1.29, 1.82) is 0 Å². The van der Waals surface area contributed by atoms with E-state index in [9.17, 15) is 18.0 Å². The van der Waals surface area contributed by atoms with Crippen LogP contribution in [0.2, 0.25) is 0 Å². The number of rotatable bonds is 5. The number of pyridine rings is 1. The molecule has 1 amide bonds. The van der Waals surface area contributed by atoms with Crippen molar-refractivity contribution < 1.29 is 18.0 Å². The first kappa shape index (κ1) is 18.6. The van der Waals surface area contributed by atoms with E-state index >= 15 is 0 Å². The van der Waals surface area contributed by atoms with Gasteiger partial charge in [-0.25, -0.2) is 14.6 Å². The largest absolute Gasteiger partial charge is 0.420 e. The number of carbonyl (C=O) groups excluding carboxylic acids is 1. The molecule has 0 saturated carbocycles. The number of alkyl halides is 3. The number of aromatic nitrogens is 5. The third kappa shape index (κ3) is 4.33. The van der Waals surface area contributed by atoms with Crippen LogP contribution in [0.4, 0.5) is 19.0 Å². The third-order valence-electron chi connectivity index (χ3n) is 3.93. The number of aromatic amines is 1. The summed E-state index contributed by atoms with van der Waals surface area (Å²) in [5, 5.41) is 6.53. The lowest BCUT2D eigenvalue weighted by Gasteiger charge is -2.11. The van der Waals surface area contributed by atoms with Crippen LogP contribution in [0.1, 0.15) is 29.2 Å². The van der Waals surface area contributed by atoms with Crippen LogP contribution >= 0.6 is 0 Å². The Balaban J connectivity index is 1.67. The van der Waals surface area contributed by atoms with Crippen LogP contribution in [-0.4, -0.2) is 30.6 Å². The van der Waals surface area contributed by atoms with Crippen molar-refractivity contribution in [3.05, 3.63) is 53.4 Å². The number of hydrogen-bond donors (Lipinski definition) is 2. The summed E-state index contributed by atoms with van der Waals surface area (Å²) in [5.41, 5.74) is 0.912. The number of imidazole rings is 1. The third-order valence-corrected chi connectivity index (χ3v) is 3.93. The lowest BCUT2D eigenvalue weighted by molar-refractivity contribution is -0.137. The van der Waals surface area contributed by atoms with E-state index in [4.69, 9.17) is 0 Å². The SMILES string of the molecule is Cc1nc(CCC(=O)Nc2ccn(-c3ncccc3C(F)(F)F)n2)[nH]c1C. The van der Waals surface area contributed by atoms with Crippen molar-refractivity contribution in [3.63, 3.8) is 0 Å². The summed E-state index contributed by atoms with van der Waals surface area (Å²) >= 11 is 0. The zero-order valence-corrected chi connectivity index (χ0v) is 14.6. The van der Waals surface area contributed by atoms with Gasteiger partial charge in [0.15, 0.2) is 11.6 Å². The topological polar surface area (TPSA) is 88.5 Å². The molecule has 3 aromatic rings. The fourth-order valence-corrected chi connectivity index (χ4v) is 2.49. The van der Waals surface area contributed by atoms with Crippen molar-refractivity contribution in [3.8, 4) is 5.82 Å². The summed E-state index contributed by atoms with van der Waals surface area (Å²) in [5.74, 6) is 0.177. The standard InChI is InChI=1S/C17H17F3N6O/c1-10-11(2)23-13(22-10)5-6-15(27)24-14-7-9-26(25-14)16-12(17(18,19)20)4-3-8-21-16/h3-4,7-9H,5-6H2,1-2H3,(H,22,23)(H,24,25,27). The van der Waals surface area contributed by atoms with Crippen molar-refractivity contribution in [1.82, 2.24) is 24.7 Å². The molecule has 7 nitrogen and oxygen atoms in total. The Labute approximate surface area is 152 Å². The maximum absolute atomic E-state index is 13.1. The molecule has 3 rings (SSSR count). The monoisotopic (exact) mass is 378 g/mol. The van der Waals surface area contributed by atoms with E-state index < -0.39 is 11.7 Å². The van der Waals surface area contributed by atoms with E-state index in [0.717, 1.165) is 22.1 Å². The smallest absolute Gasteiger partial charge is 0.346 e. The molecule has 0 aliphatic rings. The van der Waals surface area contributed by atoms with E-state index in [2.05, 4.69) is 25.4 Å². The zero-order chi connectivity index (χ0) is 19.6. The molecule has 3 aromatic heterocycles. The molecule has 0 radical (unpaired) electrons. The van der Waals surface area contributed by atoms with Crippen LogP contribution in [-0.2, 0) is 17.4 Å². The van der Waals surface area contributed by atoms with Gasteiger partial charge in [-0.15, -0.1) is 5.10 Å². The number of hydrogen-bond acceptors (Lipinski definition) is 4. The van der Waals surface area contributed by atoms with Crippen LogP contribution in [0.3, 0.4) is 0 Å². The van der Waals surface area contributed by atoms with Gasteiger partial charge in [-0.2, -0.15) is 13.2 Å². The van der Waals surface area contributed by atoms with Crippen LogP contribution in [0.25, 0.3) is 5.82 Å². The van der Waals surface area contributed by atoms with Gasteiger partial charge in [0.1, 0.15) is 11.4 Å². The fourth-order valence-electron chi connectivity index (χ4n) is 2.49. The highest BCUT2D eigenvalue weighted by Crippen LogP contribution is 2.32. The van der Waals surface area contributed by atoms with E-state index in [1.807, 2.05) is 13.8 Å². The summed E-state index contributed by atoms with van der Waals surface area (Å²) < 4.78 is 40.2. The lowest BCUT2D eigenvalue weighted by atomic mass is 10.2. The molecule has 0 aliphatic carbocycles. The second-order valence-electron chi connectivity index (χ2n) is 5.96. The van der Waals surface area contributed by atoms with Gasteiger partial charge in [-0.3, -0.25) is 4.79 Å². The maximum Gasteiger partial charge on any atom is 0.420 e. The van der Waals surface area contributed by atoms with Crippen molar-refractivity contribution >= 4 is 11.7 Å². The summed E-state index contributed by atoms with van der Waals surface area (Å²) in [6.07, 6.45) is -1.42. The van der Waals surface area contributed by atoms with Gasteiger partial charge in [-0.1, -0.05) is 0 Å². The van der Waals surface area contributed by atoms with Crippen LogP contribution in [0.15, 0.2) is 30.6 Å². The second kappa shape index (κ2) is 7.22. The Bertz CT molecular complexity index is 940. The van der Waals surface area contributed by atoms with Gasteiger partial charge >= 0.3 is 6.18 Å². The fraction of sp³-hybridized carbons (Fsp3) is 0.294. The molecule has 0 saturated heterocycles. The number of nitrogens with one attached hydrogen (secondary N) is 2. The second-order valence-corrected chi connectivity index (χ2v) is 5.96. The predicted octanol–water partition coefficient (Wildman–Crippen LogP) is 3.20. The highest BCUT2D eigenvalue weighted by molar-refractivity contribution is 5.89. The summed E-state index contributed by atoms with van der Waals surface area (Å²) in [6.45, 7) is 3.76. The minimum atomic E-state index is -4.56. The number of nitrogens with zero attached hydrogens (tertiary/aromatic N) is 4. The zero-order valence-electron chi connectivity index (χ0n) is 14.6. The van der Waals surface area contributed by atoms with Gasteiger partial charge in [0.2, 0.25) is 5.91 Å². The molecule has 0 aliphatic heterocycles. The van der Waals surface area contributed by atoms with Gasteiger partial charge in [0, 0.05) is 37.0 Å². The molecule has 0 spiro atoms. The first-order valence-electron chi connectivity index (χ1n) is 8.14. The van der Waals surface area contributed by atoms with Crippen molar-refractivity contribution in [2.75, 3.05) is 5.32 Å². The Hall–Kier alpha value is -3.17. The van der Waals surface area contributed by atoms with Crippen molar-refractivity contribution in [2.45, 2.75) is 32.9 Å². The molecule has 0 atom stereocenters. The quantitative estimate of drug-likeness (QED) is 0.714. The molecule has 0 unspecified atom stereocenters. The number of aryl methyl sites for hydroxylation is 3. The highest BCUT2D eigenvalue weighted by atomic mass is 19.4. The van der Waals surface area contributed by atoms with Gasteiger partial charge in [-0.05, 0) is 26.0 Å². The molecule has 27 heavy (non-hydrogen) atoms. The van der Waals surface area contributed by atoms with Crippen LogP contribution in [0.5, 0.6) is 0 Å². The molecule has 0 aromatic carbocycles. The average molecular weight is 378 g/mol. The normalized spacial score (nSPS) is 11.6. The molecule has 10 heteroatoms. The number of halogens is 3. The number of H-pyrrole nitrogens is 1. The van der Waals surface area contributed by atoms with E-state index in [-0.39, 0.29) is 24.0 Å². The molecule has 142 valence electrons. The Morgan fingerprint density at radius 1 is 1.30 bits per heavy atom. The summed E-state index contributed by atoms with van der Waals surface area (Å²) in [6, 6.07) is 3.54. The average Bonchev–Trinajstić information content (AvgIpc) is 3.19. The Morgan fingerprint density at radius 2 is 2.07 bits per heavy atom. The maximum atomic E-state index is 13.1. The van der Waals surface area contributed by atoms with Gasteiger partial charge in [0.05, 0.1) is 5.69 Å². The summed E-state index contributed by atoms with van der Waals surface area (Å²) in [7, 11) is 0. The Kier molecular flexibility index (Phi) is 4.98. The van der Waals surface area contributed by atoms with E-state index in [0.29, 0.717) is 12.2 Å². The molecular weight excluding hydrogens is 361 g/mol. The lowest BCUT2D eigenvalue weighted by Crippen LogP contribution is -2.15. The Morgan fingerprint density at radius 3 is 2.74 bits per heavy atom. The number of amides is 1. The van der Waals surface area contributed by atoms with Crippen LogP contribution < -0.4 is 5.32 Å². The van der Waals surface area contributed by atoms with E-state index in [1.54, 1.807) is 0 Å². The minimum Gasteiger partial charge on any atom is -0.346 e. The molecule has 2 N–H and O–H groups in total.